The monoisotopic (exact) mass is 263 g/mol. The van der Waals surface area contributed by atoms with Crippen LogP contribution in [-0.4, -0.2) is 29.1 Å². The Kier molecular flexibility index (Phi) is 3.82. The second kappa shape index (κ2) is 5.38. The zero-order valence-electron chi connectivity index (χ0n) is 10.9. The Bertz CT molecular complexity index is 594. The van der Waals surface area contributed by atoms with Gasteiger partial charge in [-0.05, 0) is 24.7 Å². The molecule has 0 amide bonds. The number of benzene rings is 1. The van der Waals surface area contributed by atoms with Crippen molar-refractivity contribution in [3.63, 3.8) is 0 Å². The molecule has 102 valence electrons. The number of fused-ring (bicyclic) bond motifs is 1. The summed E-state index contributed by atoms with van der Waals surface area (Å²) in [6.45, 7) is 1.78. The van der Waals surface area contributed by atoms with E-state index in [1.54, 1.807) is 14.0 Å². The van der Waals surface area contributed by atoms with E-state index in [-0.39, 0.29) is 12.5 Å². The summed E-state index contributed by atoms with van der Waals surface area (Å²) in [6, 6.07) is 4.82. The molecular formula is C13H17N3O3. The smallest absolute Gasteiger partial charge is 0.304 e. The Morgan fingerprint density at radius 1 is 1.58 bits per heavy atom. The highest BCUT2D eigenvalue weighted by Gasteiger charge is 2.21. The van der Waals surface area contributed by atoms with Crippen molar-refractivity contribution in [2.24, 2.45) is 5.73 Å². The number of aromatic nitrogens is 1. The predicted molar refractivity (Wildman–Crippen MR) is 70.8 cm³/mol. The van der Waals surface area contributed by atoms with Crippen molar-refractivity contribution in [3.8, 4) is 0 Å². The minimum absolute atomic E-state index is 0.0982. The van der Waals surface area contributed by atoms with Gasteiger partial charge in [-0.2, -0.15) is 0 Å². The van der Waals surface area contributed by atoms with Gasteiger partial charge in [0.15, 0.2) is 11.5 Å². The minimum atomic E-state index is -0.913. The molecule has 0 bridgehead atoms. The number of hydrogen-bond acceptors (Lipinski definition) is 5. The second-order valence-electron chi connectivity index (χ2n) is 4.49. The summed E-state index contributed by atoms with van der Waals surface area (Å²) in [5, 5.41) is 11.9. The Hall–Kier alpha value is -1.92. The molecule has 0 fully saturated rings. The predicted octanol–water partition coefficient (Wildman–Crippen LogP) is 1.20. The fourth-order valence-corrected chi connectivity index (χ4v) is 2.20. The third kappa shape index (κ3) is 2.91. The first kappa shape index (κ1) is 13.5. The summed E-state index contributed by atoms with van der Waals surface area (Å²) < 4.78 is 5.47. The van der Waals surface area contributed by atoms with Gasteiger partial charge in [0.2, 0.25) is 0 Å². The molecule has 2 unspecified atom stereocenters. The van der Waals surface area contributed by atoms with Crippen molar-refractivity contribution < 1.29 is 14.3 Å². The maximum atomic E-state index is 10.7. The van der Waals surface area contributed by atoms with Crippen molar-refractivity contribution in [2.75, 3.05) is 7.05 Å². The van der Waals surface area contributed by atoms with Crippen LogP contribution in [0.3, 0.4) is 0 Å². The lowest BCUT2D eigenvalue weighted by Gasteiger charge is -2.22. The van der Waals surface area contributed by atoms with E-state index in [2.05, 4.69) is 10.3 Å². The Balaban J connectivity index is 2.31. The summed E-state index contributed by atoms with van der Waals surface area (Å²) in [6.07, 6.45) is -0.0982. The molecule has 19 heavy (non-hydrogen) atoms. The highest BCUT2D eigenvalue weighted by Crippen LogP contribution is 2.23. The van der Waals surface area contributed by atoms with Gasteiger partial charge >= 0.3 is 5.97 Å². The van der Waals surface area contributed by atoms with Crippen LogP contribution in [0.25, 0.3) is 11.1 Å². The van der Waals surface area contributed by atoms with Crippen LogP contribution in [0.1, 0.15) is 23.9 Å². The normalized spacial score (nSPS) is 14.5. The maximum Gasteiger partial charge on any atom is 0.304 e. The lowest BCUT2D eigenvalue weighted by atomic mass is 9.97. The quantitative estimate of drug-likeness (QED) is 0.749. The van der Waals surface area contributed by atoms with E-state index in [0.717, 1.165) is 11.1 Å². The van der Waals surface area contributed by atoms with E-state index >= 15 is 0 Å². The van der Waals surface area contributed by atoms with Gasteiger partial charge in [0.1, 0.15) is 5.52 Å². The average molecular weight is 263 g/mol. The number of aliphatic carboxylic acids is 1. The van der Waals surface area contributed by atoms with Crippen LogP contribution in [0, 0.1) is 6.92 Å². The molecule has 0 saturated heterocycles. The SMILES string of the molecule is CNC(c1ccc2nc(C)oc2c1)C(N)CC(=O)O. The first-order chi connectivity index (χ1) is 9.01. The molecule has 0 radical (unpaired) electrons. The van der Waals surface area contributed by atoms with Crippen molar-refractivity contribution >= 4 is 17.1 Å². The van der Waals surface area contributed by atoms with Crippen LogP contribution < -0.4 is 11.1 Å². The molecule has 2 atom stereocenters. The molecule has 0 aliphatic carbocycles. The fraction of sp³-hybridized carbons (Fsp3) is 0.385. The molecule has 1 heterocycles. The van der Waals surface area contributed by atoms with Gasteiger partial charge in [0, 0.05) is 19.0 Å². The third-order valence-electron chi connectivity index (χ3n) is 3.03. The van der Waals surface area contributed by atoms with Crippen molar-refractivity contribution in [3.05, 3.63) is 29.7 Å². The lowest BCUT2D eigenvalue weighted by molar-refractivity contribution is -0.137. The Morgan fingerprint density at radius 2 is 2.32 bits per heavy atom. The van der Waals surface area contributed by atoms with E-state index in [1.165, 1.54) is 0 Å². The van der Waals surface area contributed by atoms with Crippen molar-refractivity contribution in [1.29, 1.82) is 0 Å². The van der Waals surface area contributed by atoms with Crippen LogP contribution >= 0.6 is 0 Å². The zero-order chi connectivity index (χ0) is 14.0. The molecule has 6 nitrogen and oxygen atoms in total. The standard InChI is InChI=1S/C13H17N3O3/c1-7-16-10-4-3-8(5-11(10)19-7)13(15-2)9(14)6-12(17)18/h3-5,9,13,15H,6,14H2,1-2H3,(H,17,18). The van der Waals surface area contributed by atoms with Crippen LogP contribution in [-0.2, 0) is 4.79 Å². The Labute approximate surface area is 110 Å². The number of rotatable bonds is 5. The molecule has 1 aromatic carbocycles. The van der Waals surface area contributed by atoms with Crippen LogP contribution in [0.2, 0.25) is 0 Å². The van der Waals surface area contributed by atoms with Crippen molar-refractivity contribution in [2.45, 2.75) is 25.4 Å². The molecule has 2 aromatic rings. The zero-order valence-corrected chi connectivity index (χ0v) is 10.9. The first-order valence-corrected chi connectivity index (χ1v) is 6.03. The molecule has 6 heteroatoms. The summed E-state index contributed by atoms with van der Waals surface area (Å²) in [5.74, 6) is -0.313. The largest absolute Gasteiger partial charge is 0.481 e. The van der Waals surface area contributed by atoms with Gasteiger partial charge in [-0.25, -0.2) is 4.98 Å². The summed E-state index contributed by atoms with van der Waals surface area (Å²) in [7, 11) is 1.75. The summed E-state index contributed by atoms with van der Waals surface area (Å²) in [5.41, 5.74) is 8.27. The molecular weight excluding hydrogens is 246 g/mol. The van der Waals surface area contributed by atoms with Gasteiger partial charge in [-0.15, -0.1) is 0 Å². The van der Waals surface area contributed by atoms with E-state index in [4.69, 9.17) is 15.3 Å². The van der Waals surface area contributed by atoms with Crippen LogP contribution in [0.5, 0.6) is 0 Å². The number of nitrogens with zero attached hydrogens (tertiary/aromatic N) is 1. The topological polar surface area (TPSA) is 101 Å². The van der Waals surface area contributed by atoms with E-state index in [0.29, 0.717) is 11.5 Å². The lowest BCUT2D eigenvalue weighted by Crippen LogP contribution is -2.37. The number of carboxylic acids is 1. The van der Waals surface area contributed by atoms with Gasteiger partial charge in [0.25, 0.3) is 0 Å². The van der Waals surface area contributed by atoms with Gasteiger partial charge in [-0.3, -0.25) is 4.79 Å². The molecule has 0 aliphatic rings. The molecule has 2 rings (SSSR count). The minimum Gasteiger partial charge on any atom is -0.481 e. The molecule has 0 saturated carbocycles. The van der Waals surface area contributed by atoms with E-state index in [1.807, 2.05) is 18.2 Å². The van der Waals surface area contributed by atoms with E-state index < -0.39 is 12.0 Å². The van der Waals surface area contributed by atoms with Crippen molar-refractivity contribution in [1.82, 2.24) is 10.3 Å². The maximum absolute atomic E-state index is 10.7. The summed E-state index contributed by atoms with van der Waals surface area (Å²) >= 11 is 0. The van der Waals surface area contributed by atoms with E-state index in [9.17, 15) is 4.79 Å². The van der Waals surface area contributed by atoms with Gasteiger partial charge in [0.05, 0.1) is 6.42 Å². The number of oxazole rings is 1. The molecule has 0 spiro atoms. The number of carboxylic acid groups (broad SMARTS) is 1. The number of nitrogens with two attached hydrogens (primary N) is 1. The molecule has 4 N–H and O–H groups in total. The van der Waals surface area contributed by atoms with Crippen LogP contribution in [0.4, 0.5) is 0 Å². The third-order valence-corrected chi connectivity index (χ3v) is 3.03. The van der Waals surface area contributed by atoms with Gasteiger partial charge in [-0.1, -0.05) is 6.07 Å². The molecule has 1 aromatic heterocycles. The average Bonchev–Trinajstić information content (AvgIpc) is 2.68. The van der Waals surface area contributed by atoms with Crippen LogP contribution in [0.15, 0.2) is 22.6 Å². The number of hydrogen-bond donors (Lipinski definition) is 3. The highest BCUT2D eigenvalue weighted by molar-refractivity contribution is 5.73. The number of likely N-dealkylation sites (N-methyl/N-ethyl adjacent to an activating group) is 1. The Morgan fingerprint density at radius 3 is 2.95 bits per heavy atom. The fourth-order valence-electron chi connectivity index (χ4n) is 2.20. The number of nitrogens with one attached hydrogen (secondary N) is 1. The first-order valence-electron chi connectivity index (χ1n) is 6.03. The summed E-state index contributed by atoms with van der Waals surface area (Å²) in [4.78, 5) is 15.0. The molecule has 0 aliphatic heterocycles. The highest BCUT2D eigenvalue weighted by atomic mass is 16.4. The number of carbonyl (C=O) groups is 1. The second-order valence-corrected chi connectivity index (χ2v) is 4.49. The van der Waals surface area contributed by atoms with Gasteiger partial charge < -0.3 is 20.6 Å². The number of aryl methyl sites for hydroxylation is 1.